The number of nitro groups is 1. The lowest BCUT2D eigenvalue weighted by Gasteiger charge is -2.13. The Balaban J connectivity index is 1.97. The van der Waals surface area contributed by atoms with Gasteiger partial charge in [-0.3, -0.25) is 24.6 Å². The summed E-state index contributed by atoms with van der Waals surface area (Å²) in [5.74, 6) is -0.277. The predicted molar refractivity (Wildman–Crippen MR) is 115 cm³/mol. The third kappa shape index (κ3) is 6.26. The van der Waals surface area contributed by atoms with Crippen molar-refractivity contribution in [2.45, 2.75) is 32.6 Å². The van der Waals surface area contributed by atoms with Crippen molar-refractivity contribution < 1.29 is 24.0 Å². The maximum Gasteiger partial charge on any atom is 0.311 e. The van der Waals surface area contributed by atoms with Crippen LogP contribution in [0.2, 0.25) is 0 Å². The number of amides is 1. The number of ether oxygens (including phenoxy) is 2. The number of rotatable bonds is 10. The highest BCUT2D eigenvalue weighted by Crippen LogP contribution is 2.34. The predicted octanol–water partition coefficient (Wildman–Crippen LogP) is 3.93. The molecule has 1 amide bonds. The van der Waals surface area contributed by atoms with Crippen molar-refractivity contribution >= 4 is 51.9 Å². The van der Waals surface area contributed by atoms with E-state index < -0.39 is 4.92 Å². The highest BCUT2D eigenvalue weighted by atomic mass is 32.2. The molecule has 0 spiro atoms. The van der Waals surface area contributed by atoms with E-state index >= 15 is 0 Å². The number of hydrogen-bond donors (Lipinski definition) is 0. The van der Waals surface area contributed by atoms with Crippen molar-refractivity contribution in [1.29, 1.82) is 0 Å². The fourth-order valence-electron chi connectivity index (χ4n) is 2.73. The number of methoxy groups -OCH3 is 1. The summed E-state index contributed by atoms with van der Waals surface area (Å²) in [5.41, 5.74) is 0.353. The molecule has 0 aromatic heterocycles. The molecule has 0 radical (unpaired) electrons. The first kappa shape index (κ1) is 22.8. The molecule has 29 heavy (non-hydrogen) atoms. The van der Waals surface area contributed by atoms with Gasteiger partial charge in [0.15, 0.2) is 5.75 Å². The van der Waals surface area contributed by atoms with E-state index in [1.165, 1.54) is 35.9 Å². The highest BCUT2D eigenvalue weighted by Gasteiger charge is 2.31. The van der Waals surface area contributed by atoms with E-state index in [1.807, 2.05) is 0 Å². The van der Waals surface area contributed by atoms with Gasteiger partial charge in [-0.05, 0) is 37.5 Å². The first-order valence-electron chi connectivity index (χ1n) is 9.10. The molecule has 2 rings (SSSR count). The van der Waals surface area contributed by atoms with Crippen LogP contribution in [0, 0.1) is 10.1 Å². The first-order chi connectivity index (χ1) is 13.9. The van der Waals surface area contributed by atoms with Crippen molar-refractivity contribution in [1.82, 2.24) is 4.90 Å². The van der Waals surface area contributed by atoms with Gasteiger partial charge >= 0.3 is 11.7 Å². The van der Waals surface area contributed by atoms with Gasteiger partial charge < -0.3 is 9.47 Å². The van der Waals surface area contributed by atoms with E-state index in [0.29, 0.717) is 47.2 Å². The van der Waals surface area contributed by atoms with Crippen LogP contribution >= 0.6 is 24.0 Å². The number of hydrogen-bond acceptors (Lipinski definition) is 8. The number of thiocarbonyl (C=S) groups is 1. The Labute approximate surface area is 178 Å². The molecular formula is C19H22N2O6S2. The Morgan fingerprint density at radius 2 is 2.10 bits per heavy atom. The van der Waals surface area contributed by atoms with Crippen LogP contribution in [-0.4, -0.2) is 46.3 Å². The Bertz CT molecular complexity index is 840. The van der Waals surface area contributed by atoms with Crippen molar-refractivity contribution in [3.63, 3.8) is 0 Å². The summed E-state index contributed by atoms with van der Waals surface area (Å²) in [6.45, 7) is 2.61. The molecule has 0 atom stereocenters. The molecule has 1 aliphatic heterocycles. The second-order valence-corrected chi connectivity index (χ2v) is 7.81. The largest absolute Gasteiger partial charge is 0.490 e. The molecule has 10 heteroatoms. The van der Waals surface area contributed by atoms with Crippen LogP contribution in [0.15, 0.2) is 23.1 Å². The van der Waals surface area contributed by atoms with Crippen LogP contribution in [0.5, 0.6) is 5.75 Å². The Morgan fingerprint density at radius 3 is 2.76 bits per heavy atom. The van der Waals surface area contributed by atoms with Crippen molar-refractivity contribution in [3.05, 3.63) is 38.8 Å². The second-order valence-electron chi connectivity index (χ2n) is 6.14. The van der Waals surface area contributed by atoms with E-state index in [0.717, 1.165) is 6.42 Å². The fraction of sp³-hybridized carbons (Fsp3) is 0.421. The van der Waals surface area contributed by atoms with Gasteiger partial charge in [0.25, 0.3) is 5.91 Å². The summed E-state index contributed by atoms with van der Waals surface area (Å²) in [4.78, 5) is 36.5. The molecule has 0 saturated carbocycles. The van der Waals surface area contributed by atoms with E-state index in [4.69, 9.17) is 21.7 Å². The van der Waals surface area contributed by atoms with Gasteiger partial charge in [-0.25, -0.2) is 0 Å². The van der Waals surface area contributed by atoms with Crippen LogP contribution in [0.4, 0.5) is 5.69 Å². The topological polar surface area (TPSA) is 99.0 Å². The molecule has 156 valence electrons. The summed E-state index contributed by atoms with van der Waals surface area (Å²) >= 11 is 6.47. The molecule has 1 heterocycles. The summed E-state index contributed by atoms with van der Waals surface area (Å²) in [7, 11) is 1.36. The third-order valence-corrected chi connectivity index (χ3v) is 5.52. The Morgan fingerprint density at radius 1 is 1.34 bits per heavy atom. The van der Waals surface area contributed by atoms with Gasteiger partial charge in [-0.2, -0.15) is 0 Å². The molecule has 1 saturated heterocycles. The molecule has 1 aromatic rings. The van der Waals surface area contributed by atoms with E-state index in [9.17, 15) is 19.7 Å². The summed E-state index contributed by atoms with van der Waals surface area (Å²) < 4.78 is 10.3. The lowest BCUT2D eigenvalue weighted by atomic mass is 10.1. The van der Waals surface area contributed by atoms with Crippen LogP contribution in [0.25, 0.3) is 6.08 Å². The molecule has 1 aromatic carbocycles. The maximum atomic E-state index is 12.6. The van der Waals surface area contributed by atoms with Gasteiger partial charge in [0.05, 0.1) is 23.5 Å². The van der Waals surface area contributed by atoms with E-state index in [1.54, 1.807) is 19.1 Å². The third-order valence-electron chi connectivity index (χ3n) is 4.14. The van der Waals surface area contributed by atoms with Crippen LogP contribution in [0.3, 0.4) is 0 Å². The second kappa shape index (κ2) is 10.9. The summed E-state index contributed by atoms with van der Waals surface area (Å²) in [5, 5.41) is 11.2. The van der Waals surface area contributed by atoms with Crippen LogP contribution in [-0.2, 0) is 14.3 Å². The van der Waals surface area contributed by atoms with Gasteiger partial charge in [-0.1, -0.05) is 36.5 Å². The summed E-state index contributed by atoms with van der Waals surface area (Å²) in [6, 6.07) is 4.50. The number of nitrogens with zero attached hydrogens (tertiary/aromatic N) is 2. The lowest BCUT2D eigenvalue weighted by molar-refractivity contribution is -0.385. The van der Waals surface area contributed by atoms with Crippen molar-refractivity contribution in [3.8, 4) is 5.75 Å². The van der Waals surface area contributed by atoms with Gasteiger partial charge in [-0.15, -0.1) is 0 Å². The first-order valence-corrected chi connectivity index (χ1v) is 10.3. The zero-order chi connectivity index (χ0) is 21.4. The van der Waals surface area contributed by atoms with Crippen molar-refractivity contribution in [2.24, 2.45) is 0 Å². The van der Waals surface area contributed by atoms with Crippen LogP contribution < -0.4 is 4.74 Å². The molecule has 8 nitrogen and oxygen atoms in total. The maximum absolute atomic E-state index is 12.6. The molecule has 1 fully saturated rings. The van der Waals surface area contributed by atoms with Gasteiger partial charge in [0.1, 0.15) is 4.32 Å². The summed E-state index contributed by atoms with van der Waals surface area (Å²) in [6.07, 6.45) is 4.14. The number of benzene rings is 1. The minimum atomic E-state index is -0.530. The molecule has 0 bridgehead atoms. The zero-order valence-corrected chi connectivity index (χ0v) is 17.8. The minimum absolute atomic E-state index is 0.155. The number of esters is 1. The monoisotopic (exact) mass is 438 g/mol. The smallest absolute Gasteiger partial charge is 0.311 e. The van der Waals surface area contributed by atoms with Gasteiger partial charge in [0.2, 0.25) is 0 Å². The van der Waals surface area contributed by atoms with E-state index in [2.05, 4.69) is 0 Å². The molecule has 0 N–H and O–H groups in total. The number of carbonyl (C=O) groups excluding carboxylic acids is 2. The minimum Gasteiger partial charge on any atom is -0.490 e. The Hall–Kier alpha value is -2.46. The quantitative estimate of drug-likeness (QED) is 0.135. The van der Waals surface area contributed by atoms with Gasteiger partial charge in [0, 0.05) is 19.0 Å². The average molecular weight is 439 g/mol. The van der Waals surface area contributed by atoms with Crippen molar-refractivity contribution in [2.75, 3.05) is 20.3 Å². The number of thioether (sulfide) groups is 1. The Kier molecular flexibility index (Phi) is 8.59. The zero-order valence-electron chi connectivity index (χ0n) is 16.2. The molecular weight excluding hydrogens is 416 g/mol. The average Bonchev–Trinajstić information content (AvgIpc) is 2.95. The van der Waals surface area contributed by atoms with E-state index in [-0.39, 0.29) is 23.3 Å². The lowest BCUT2D eigenvalue weighted by Crippen LogP contribution is -2.29. The molecule has 0 aliphatic carbocycles. The standard InChI is InChI=1S/C19H22N2O6S2/c1-3-27-17(22)7-5-4-6-10-20-18(23)16(29-19(20)28)12-13-8-9-15(26-2)14(11-13)21(24)25/h8-9,11-12H,3-7,10H2,1-2H3/b16-12-. The van der Waals surface area contributed by atoms with Crippen LogP contribution in [0.1, 0.15) is 38.2 Å². The number of unbranched alkanes of at least 4 members (excludes halogenated alkanes) is 2. The SMILES string of the molecule is CCOC(=O)CCCCCN1C(=O)/C(=C/c2ccc(OC)c([N+](=O)[O-])c2)SC1=S. The normalized spacial score (nSPS) is 15.1. The molecule has 0 unspecified atom stereocenters. The highest BCUT2D eigenvalue weighted by molar-refractivity contribution is 8.26. The molecule has 1 aliphatic rings. The fourth-order valence-corrected chi connectivity index (χ4v) is 4.04. The number of nitro benzene ring substituents is 1. The number of carbonyl (C=O) groups is 2.